The van der Waals surface area contributed by atoms with Crippen molar-refractivity contribution in [3.63, 3.8) is 0 Å². The van der Waals surface area contributed by atoms with Gasteiger partial charge in [-0.15, -0.1) is 0 Å². The monoisotopic (exact) mass is 428 g/mol. The van der Waals surface area contributed by atoms with E-state index < -0.39 is 0 Å². The van der Waals surface area contributed by atoms with Crippen LogP contribution in [0, 0.1) is 0 Å². The Bertz CT molecular complexity index is 1460. The summed E-state index contributed by atoms with van der Waals surface area (Å²) >= 11 is 1.11. The summed E-state index contributed by atoms with van der Waals surface area (Å²) in [6, 6.07) is 18.0. The molecular weight excluding hydrogens is 412 g/mol. The lowest BCUT2D eigenvalue weighted by Gasteiger charge is -2.12. The zero-order valence-corrected chi connectivity index (χ0v) is 17.0. The minimum absolute atomic E-state index is 0.176. The van der Waals surface area contributed by atoms with Gasteiger partial charge in [-0.2, -0.15) is 13.8 Å². The number of hydrogen-bond donors (Lipinski definition) is 1. The van der Waals surface area contributed by atoms with Crippen LogP contribution in [0.5, 0.6) is 0 Å². The maximum atomic E-state index is 12.9. The van der Waals surface area contributed by atoms with Crippen LogP contribution in [0.3, 0.4) is 0 Å². The van der Waals surface area contributed by atoms with Crippen LogP contribution in [-0.4, -0.2) is 29.4 Å². The maximum Gasteiger partial charge on any atom is 0.275 e. The lowest BCUT2D eigenvalue weighted by molar-refractivity contribution is 0.0950. The third-order valence-electron chi connectivity index (χ3n) is 4.91. The molecule has 0 spiro atoms. The lowest BCUT2D eigenvalue weighted by atomic mass is 10.1. The molecule has 31 heavy (non-hydrogen) atoms. The third kappa shape index (κ3) is 3.78. The van der Waals surface area contributed by atoms with E-state index in [1.165, 1.54) is 4.68 Å². The van der Waals surface area contributed by atoms with Gasteiger partial charge in [0.2, 0.25) is 0 Å². The van der Waals surface area contributed by atoms with Crippen LogP contribution in [-0.2, 0) is 13.1 Å². The summed E-state index contributed by atoms with van der Waals surface area (Å²) < 4.78 is 9.72. The fraction of sp³-hybridized carbons (Fsp3) is 0.0909. The molecule has 5 aromatic rings. The van der Waals surface area contributed by atoms with E-state index in [1.54, 1.807) is 30.5 Å². The molecule has 0 aliphatic carbocycles. The van der Waals surface area contributed by atoms with Crippen molar-refractivity contribution in [3.05, 3.63) is 94.2 Å². The van der Waals surface area contributed by atoms with E-state index in [0.717, 1.165) is 22.9 Å². The van der Waals surface area contributed by atoms with Crippen molar-refractivity contribution in [2.45, 2.75) is 13.1 Å². The molecular formula is C22H16N6O2S. The predicted octanol–water partition coefficient (Wildman–Crippen LogP) is 2.77. The Morgan fingerprint density at radius 3 is 2.61 bits per heavy atom. The molecule has 0 unspecified atom stereocenters. The van der Waals surface area contributed by atoms with Crippen LogP contribution < -0.4 is 10.9 Å². The van der Waals surface area contributed by atoms with E-state index in [2.05, 4.69) is 24.1 Å². The first-order chi connectivity index (χ1) is 15.2. The van der Waals surface area contributed by atoms with Crippen molar-refractivity contribution in [1.29, 1.82) is 0 Å². The third-order valence-corrected chi connectivity index (χ3v) is 5.47. The molecule has 8 nitrogen and oxygen atoms in total. The van der Waals surface area contributed by atoms with Crippen molar-refractivity contribution in [2.24, 2.45) is 0 Å². The predicted molar refractivity (Wildman–Crippen MR) is 118 cm³/mol. The van der Waals surface area contributed by atoms with E-state index in [1.807, 2.05) is 36.4 Å². The van der Waals surface area contributed by atoms with Gasteiger partial charge in [-0.25, -0.2) is 4.68 Å². The molecule has 1 amide bonds. The fourth-order valence-corrected chi connectivity index (χ4v) is 3.89. The van der Waals surface area contributed by atoms with E-state index in [9.17, 15) is 9.59 Å². The summed E-state index contributed by atoms with van der Waals surface area (Å²) in [7, 11) is 0. The van der Waals surface area contributed by atoms with Gasteiger partial charge >= 0.3 is 0 Å². The van der Waals surface area contributed by atoms with Crippen molar-refractivity contribution in [3.8, 4) is 0 Å². The minimum atomic E-state index is -0.247. The van der Waals surface area contributed by atoms with Gasteiger partial charge in [-0.1, -0.05) is 24.3 Å². The summed E-state index contributed by atoms with van der Waals surface area (Å²) in [5.41, 5.74) is 3.08. The molecule has 0 aliphatic rings. The molecule has 0 fully saturated rings. The zero-order valence-electron chi connectivity index (χ0n) is 16.2. The number of nitrogens with one attached hydrogen (secondary N) is 1. The van der Waals surface area contributed by atoms with E-state index in [4.69, 9.17) is 0 Å². The normalized spacial score (nSPS) is 11.1. The molecule has 0 bridgehead atoms. The van der Waals surface area contributed by atoms with Crippen LogP contribution >= 0.6 is 11.7 Å². The number of pyridine rings is 1. The minimum Gasteiger partial charge on any atom is -0.346 e. The van der Waals surface area contributed by atoms with Gasteiger partial charge in [0.05, 0.1) is 41.6 Å². The highest BCUT2D eigenvalue weighted by Crippen LogP contribution is 2.16. The Morgan fingerprint density at radius 1 is 0.968 bits per heavy atom. The average molecular weight is 428 g/mol. The van der Waals surface area contributed by atoms with Crippen molar-refractivity contribution in [2.75, 3.05) is 0 Å². The maximum absolute atomic E-state index is 12.9. The van der Waals surface area contributed by atoms with Gasteiger partial charge < -0.3 is 5.32 Å². The second-order valence-corrected chi connectivity index (χ2v) is 7.45. The Balaban J connectivity index is 1.46. The molecule has 152 valence electrons. The summed E-state index contributed by atoms with van der Waals surface area (Å²) in [6.45, 7) is 0.425. The Labute approximate surface area is 180 Å². The standard InChI is InChI=1S/C22H16N6O2S/c29-21(14-8-9-18-19(11-14)27-31-26-18)24-12-20-16-6-1-2-7-17(16)22(30)28(25-20)13-15-5-3-4-10-23-15/h1-11H,12-13H2,(H,24,29). The van der Waals surface area contributed by atoms with Crippen LogP contribution in [0.2, 0.25) is 0 Å². The van der Waals surface area contributed by atoms with Gasteiger partial charge in [0.15, 0.2) is 0 Å². The summed E-state index contributed by atoms with van der Waals surface area (Å²) in [6.07, 6.45) is 1.68. The number of rotatable bonds is 5. The molecule has 0 saturated carbocycles. The molecule has 0 saturated heterocycles. The first kappa shape index (κ1) is 19.0. The Morgan fingerprint density at radius 2 is 1.77 bits per heavy atom. The van der Waals surface area contributed by atoms with E-state index in [-0.39, 0.29) is 24.6 Å². The first-order valence-electron chi connectivity index (χ1n) is 9.58. The SMILES string of the molecule is O=C(NCc1nn(Cc2ccccn2)c(=O)c2ccccc12)c1ccc2nsnc2c1. The summed E-state index contributed by atoms with van der Waals surface area (Å²) in [5, 5.41) is 8.69. The van der Waals surface area contributed by atoms with E-state index >= 15 is 0 Å². The van der Waals surface area contributed by atoms with Gasteiger partial charge in [0.25, 0.3) is 11.5 Å². The van der Waals surface area contributed by atoms with Crippen LogP contribution in [0.1, 0.15) is 21.7 Å². The number of amides is 1. The largest absolute Gasteiger partial charge is 0.346 e. The summed E-state index contributed by atoms with van der Waals surface area (Å²) in [4.78, 5) is 29.9. The number of carbonyl (C=O) groups is 1. The number of fused-ring (bicyclic) bond motifs is 2. The number of hydrogen-bond acceptors (Lipinski definition) is 7. The number of aromatic nitrogens is 5. The molecule has 1 N–H and O–H groups in total. The van der Waals surface area contributed by atoms with E-state index in [0.29, 0.717) is 27.5 Å². The molecule has 0 atom stereocenters. The van der Waals surface area contributed by atoms with Crippen molar-refractivity contribution < 1.29 is 4.79 Å². The number of carbonyl (C=O) groups excluding carboxylic acids is 1. The molecule has 3 heterocycles. The molecule has 9 heteroatoms. The average Bonchev–Trinajstić information content (AvgIpc) is 3.28. The molecule has 5 rings (SSSR count). The van der Waals surface area contributed by atoms with Crippen molar-refractivity contribution in [1.82, 2.24) is 28.8 Å². The number of benzene rings is 2. The van der Waals surface area contributed by atoms with Crippen LogP contribution in [0.15, 0.2) is 71.7 Å². The van der Waals surface area contributed by atoms with Crippen LogP contribution in [0.4, 0.5) is 0 Å². The van der Waals surface area contributed by atoms with Gasteiger partial charge in [0, 0.05) is 17.1 Å². The Kier molecular flexibility index (Phi) is 4.93. The second kappa shape index (κ2) is 8.04. The molecule has 2 aromatic carbocycles. The molecule has 0 aliphatic heterocycles. The van der Waals surface area contributed by atoms with Crippen LogP contribution in [0.25, 0.3) is 21.8 Å². The first-order valence-corrected chi connectivity index (χ1v) is 10.3. The topological polar surface area (TPSA) is 103 Å². The zero-order chi connectivity index (χ0) is 21.2. The number of nitrogens with zero attached hydrogens (tertiary/aromatic N) is 5. The highest BCUT2D eigenvalue weighted by molar-refractivity contribution is 7.00. The molecule has 3 aromatic heterocycles. The highest BCUT2D eigenvalue weighted by atomic mass is 32.1. The van der Waals surface area contributed by atoms with Gasteiger partial charge in [-0.05, 0) is 36.4 Å². The van der Waals surface area contributed by atoms with Gasteiger partial charge in [-0.3, -0.25) is 14.6 Å². The molecule has 0 radical (unpaired) electrons. The Hall–Kier alpha value is -3.98. The lowest BCUT2D eigenvalue weighted by Crippen LogP contribution is -2.29. The second-order valence-electron chi connectivity index (χ2n) is 6.93. The van der Waals surface area contributed by atoms with Crippen molar-refractivity contribution >= 4 is 39.4 Å². The smallest absolute Gasteiger partial charge is 0.275 e. The fourth-order valence-electron chi connectivity index (χ4n) is 3.38. The summed E-state index contributed by atoms with van der Waals surface area (Å²) in [5.74, 6) is -0.247. The quantitative estimate of drug-likeness (QED) is 0.462. The highest BCUT2D eigenvalue weighted by Gasteiger charge is 2.13. The van der Waals surface area contributed by atoms with Gasteiger partial charge in [0.1, 0.15) is 11.0 Å².